The molecule has 0 aromatic heterocycles. The number of carbonyl (C=O) groups excluding carboxylic acids is 2. The molecule has 0 heterocycles. The van der Waals surface area contributed by atoms with Gasteiger partial charge in [0.05, 0.1) is 0 Å². The normalized spacial score (nSPS) is 10.0. The van der Waals surface area contributed by atoms with Gasteiger partial charge in [0.2, 0.25) is 0 Å². The number of amides is 2. The molecular formula is C16H15BrN2O2. The van der Waals surface area contributed by atoms with Crippen molar-refractivity contribution in [3.8, 4) is 0 Å². The summed E-state index contributed by atoms with van der Waals surface area (Å²) >= 11 is 3.43. The van der Waals surface area contributed by atoms with Crippen molar-refractivity contribution in [1.82, 2.24) is 5.32 Å². The number of halogens is 1. The average Bonchev–Trinajstić information content (AvgIpc) is 2.47. The molecule has 2 aromatic rings. The second kappa shape index (κ2) is 7.04. The van der Waals surface area contributed by atoms with Gasteiger partial charge < -0.3 is 10.6 Å². The number of urea groups is 1. The number of hydrogen-bond donors (Lipinski definition) is 2. The van der Waals surface area contributed by atoms with Crippen LogP contribution in [0, 0.1) is 0 Å². The lowest BCUT2D eigenvalue weighted by Gasteiger charge is -2.09. The van der Waals surface area contributed by atoms with Crippen LogP contribution in [0.1, 0.15) is 22.8 Å². The van der Waals surface area contributed by atoms with Crippen molar-refractivity contribution in [2.24, 2.45) is 0 Å². The number of Topliss-reactive ketones (excluding diaryl/α,β-unsaturated/α-hetero) is 1. The van der Waals surface area contributed by atoms with Crippen LogP contribution in [0.25, 0.3) is 0 Å². The number of hydrogen-bond acceptors (Lipinski definition) is 2. The Hall–Kier alpha value is -2.14. The van der Waals surface area contributed by atoms with E-state index in [1.807, 2.05) is 24.3 Å². The second-order valence-corrected chi connectivity index (χ2v) is 5.39. The standard InChI is InChI=1S/C16H15BrN2O2/c1-11(20)12-6-8-14(9-7-12)19-16(21)18-10-13-4-2-3-5-15(13)17/h2-9H,10H2,1H3,(H2,18,19,21). The van der Waals surface area contributed by atoms with Gasteiger partial charge in [0.15, 0.2) is 5.78 Å². The smallest absolute Gasteiger partial charge is 0.319 e. The van der Waals surface area contributed by atoms with Gasteiger partial charge in [-0.15, -0.1) is 0 Å². The van der Waals surface area contributed by atoms with E-state index < -0.39 is 0 Å². The topological polar surface area (TPSA) is 58.2 Å². The van der Waals surface area contributed by atoms with E-state index >= 15 is 0 Å². The van der Waals surface area contributed by atoms with Crippen molar-refractivity contribution in [3.05, 3.63) is 64.1 Å². The highest BCUT2D eigenvalue weighted by molar-refractivity contribution is 9.10. The lowest BCUT2D eigenvalue weighted by atomic mass is 10.1. The Labute approximate surface area is 131 Å². The lowest BCUT2D eigenvalue weighted by molar-refractivity contribution is 0.101. The molecule has 108 valence electrons. The van der Waals surface area contributed by atoms with Crippen molar-refractivity contribution in [2.45, 2.75) is 13.5 Å². The first-order valence-corrected chi connectivity index (χ1v) is 7.25. The summed E-state index contributed by atoms with van der Waals surface area (Å²) in [6.45, 7) is 1.94. The van der Waals surface area contributed by atoms with Crippen molar-refractivity contribution in [3.63, 3.8) is 0 Å². The molecule has 2 aromatic carbocycles. The van der Waals surface area contributed by atoms with E-state index in [9.17, 15) is 9.59 Å². The summed E-state index contributed by atoms with van der Waals surface area (Å²) in [6, 6.07) is 14.2. The monoisotopic (exact) mass is 346 g/mol. The number of anilines is 1. The van der Waals surface area contributed by atoms with Crippen LogP contribution in [0.5, 0.6) is 0 Å². The molecule has 0 radical (unpaired) electrons. The number of benzene rings is 2. The van der Waals surface area contributed by atoms with Gasteiger partial charge in [-0.1, -0.05) is 34.1 Å². The average molecular weight is 347 g/mol. The highest BCUT2D eigenvalue weighted by atomic mass is 79.9. The molecule has 0 aliphatic heterocycles. The largest absolute Gasteiger partial charge is 0.334 e. The number of rotatable bonds is 4. The summed E-state index contributed by atoms with van der Waals surface area (Å²) in [4.78, 5) is 23.0. The molecular weight excluding hydrogens is 332 g/mol. The van der Waals surface area contributed by atoms with E-state index in [-0.39, 0.29) is 11.8 Å². The fraction of sp³-hybridized carbons (Fsp3) is 0.125. The Bertz CT molecular complexity index is 654. The number of ketones is 1. The molecule has 21 heavy (non-hydrogen) atoms. The Morgan fingerprint density at radius 3 is 2.33 bits per heavy atom. The maximum atomic E-state index is 11.8. The molecule has 4 nitrogen and oxygen atoms in total. The predicted molar refractivity (Wildman–Crippen MR) is 86.4 cm³/mol. The molecule has 0 unspecified atom stereocenters. The summed E-state index contributed by atoms with van der Waals surface area (Å²) in [7, 11) is 0. The van der Waals surface area contributed by atoms with E-state index in [1.54, 1.807) is 24.3 Å². The van der Waals surface area contributed by atoms with Gasteiger partial charge in [-0.3, -0.25) is 4.79 Å². The number of carbonyl (C=O) groups is 2. The highest BCUT2D eigenvalue weighted by Gasteiger charge is 2.04. The van der Waals surface area contributed by atoms with Gasteiger partial charge in [0, 0.05) is 22.3 Å². The number of nitrogens with one attached hydrogen (secondary N) is 2. The fourth-order valence-corrected chi connectivity index (χ4v) is 2.21. The van der Waals surface area contributed by atoms with Crippen molar-refractivity contribution in [2.75, 3.05) is 5.32 Å². The van der Waals surface area contributed by atoms with Crippen LogP contribution in [0.4, 0.5) is 10.5 Å². The van der Waals surface area contributed by atoms with E-state index in [4.69, 9.17) is 0 Å². The molecule has 5 heteroatoms. The second-order valence-electron chi connectivity index (χ2n) is 4.53. The maximum Gasteiger partial charge on any atom is 0.319 e. The van der Waals surface area contributed by atoms with E-state index in [0.29, 0.717) is 17.8 Å². The summed E-state index contributed by atoms with van der Waals surface area (Å²) in [6.07, 6.45) is 0. The third kappa shape index (κ3) is 4.43. The van der Waals surface area contributed by atoms with E-state index in [1.165, 1.54) is 6.92 Å². The molecule has 2 amide bonds. The maximum absolute atomic E-state index is 11.8. The Balaban J connectivity index is 1.90. The molecule has 0 bridgehead atoms. The Morgan fingerprint density at radius 1 is 1.05 bits per heavy atom. The quantitative estimate of drug-likeness (QED) is 0.822. The molecule has 0 saturated carbocycles. The first kappa shape index (κ1) is 15.3. The molecule has 0 atom stereocenters. The molecule has 2 rings (SSSR count). The minimum absolute atomic E-state index is 0.0000654. The highest BCUT2D eigenvalue weighted by Crippen LogP contribution is 2.15. The zero-order valence-corrected chi connectivity index (χ0v) is 13.1. The first-order valence-electron chi connectivity index (χ1n) is 6.45. The molecule has 0 saturated heterocycles. The van der Waals surface area contributed by atoms with E-state index in [0.717, 1.165) is 10.0 Å². The minimum atomic E-state index is -0.290. The van der Waals surface area contributed by atoms with Crippen LogP contribution < -0.4 is 10.6 Å². The minimum Gasteiger partial charge on any atom is -0.334 e. The Morgan fingerprint density at radius 2 is 1.71 bits per heavy atom. The fourth-order valence-electron chi connectivity index (χ4n) is 1.78. The molecule has 0 spiro atoms. The SMILES string of the molecule is CC(=O)c1ccc(NC(=O)NCc2ccccc2Br)cc1. The molecule has 0 aliphatic rings. The van der Waals surface area contributed by atoms with Gasteiger partial charge in [-0.25, -0.2) is 4.79 Å². The van der Waals surface area contributed by atoms with Crippen molar-refractivity contribution < 1.29 is 9.59 Å². The van der Waals surface area contributed by atoms with Gasteiger partial charge in [-0.2, -0.15) is 0 Å². The lowest BCUT2D eigenvalue weighted by Crippen LogP contribution is -2.28. The van der Waals surface area contributed by atoms with Crippen LogP contribution in [0.15, 0.2) is 53.0 Å². The predicted octanol–water partition coefficient (Wildman–Crippen LogP) is 3.97. The molecule has 2 N–H and O–H groups in total. The van der Waals surface area contributed by atoms with Crippen molar-refractivity contribution in [1.29, 1.82) is 0 Å². The first-order chi connectivity index (χ1) is 10.1. The van der Waals surface area contributed by atoms with Gasteiger partial charge in [0.1, 0.15) is 0 Å². The molecule has 0 fully saturated rings. The van der Waals surface area contributed by atoms with Gasteiger partial charge >= 0.3 is 6.03 Å². The Kier molecular flexibility index (Phi) is 5.11. The zero-order chi connectivity index (χ0) is 15.2. The summed E-state index contributed by atoms with van der Waals surface area (Å²) < 4.78 is 0.955. The van der Waals surface area contributed by atoms with Crippen LogP contribution in [-0.2, 0) is 6.54 Å². The van der Waals surface area contributed by atoms with Crippen LogP contribution in [0.2, 0.25) is 0 Å². The van der Waals surface area contributed by atoms with Gasteiger partial charge in [0.25, 0.3) is 0 Å². The summed E-state index contributed by atoms with van der Waals surface area (Å²) in [5, 5.41) is 5.50. The van der Waals surface area contributed by atoms with Gasteiger partial charge in [-0.05, 0) is 42.8 Å². The molecule has 0 aliphatic carbocycles. The van der Waals surface area contributed by atoms with Crippen LogP contribution in [0.3, 0.4) is 0 Å². The third-order valence-corrected chi connectivity index (χ3v) is 3.72. The van der Waals surface area contributed by atoms with Crippen LogP contribution in [-0.4, -0.2) is 11.8 Å². The summed E-state index contributed by atoms with van der Waals surface area (Å²) in [5.74, 6) is -0.0000654. The summed E-state index contributed by atoms with van der Waals surface area (Å²) in [5.41, 5.74) is 2.26. The van der Waals surface area contributed by atoms with Crippen molar-refractivity contribution >= 4 is 33.4 Å². The van der Waals surface area contributed by atoms with Crippen LogP contribution >= 0.6 is 15.9 Å². The third-order valence-electron chi connectivity index (χ3n) is 2.95. The van der Waals surface area contributed by atoms with E-state index in [2.05, 4.69) is 26.6 Å². The zero-order valence-electron chi connectivity index (χ0n) is 11.5.